The summed E-state index contributed by atoms with van der Waals surface area (Å²) in [5, 5.41) is 6.60. The minimum absolute atomic E-state index is 0.145. The fraction of sp³-hybridized carbons (Fsp3) is 0.611. The lowest BCUT2D eigenvalue weighted by molar-refractivity contribution is 0.554. The number of sulfone groups is 1. The van der Waals surface area contributed by atoms with E-state index in [2.05, 4.69) is 49.8 Å². The molecule has 0 aliphatic heterocycles. The molecule has 2 N–H and O–H groups in total. The monoisotopic (exact) mass is 429 g/mol. The van der Waals surface area contributed by atoms with Crippen molar-refractivity contribution >= 4 is 31.7 Å². The van der Waals surface area contributed by atoms with Crippen molar-refractivity contribution in [1.29, 1.82) is 0 Å². The van der Waals surface area contributed by atoms with Gasteiger partial charge >= 0.3 is 0 Å². The Labute approximate surface area is 159 Å². The van der Waals surface area contributed by atoms with Crippen molar-refractivity contribution in [3.63, 3.8) is 0 Å². The van der Waals surface area contributed by atoms with Crippen LogP contribution in [0.3, 0.4) is 0 Å². The maximum absolute atomic E-state index is 11.9. The Balaban J connectivity index is 2.06. The number of benzene rings is 1. The average Bonchev–Trinajstić information content (AvgIpc) is 3.30. The van der Waals surface area contributed by atoms with E-state index in [4.69, 9.17) is 0 Å². The predicted molar refractivity (Wildman–Crippen MR) is 108 cm³/mol. The summed E-state index contributed by atoms with van der Waals surface area (Å²) in [6, 6.07) is 8.43. The number of halogens is 1. The van der Waals surface area contributed by atoms with Gasteiger partial charge in [0.25, 0.3) is 0 Å². The van der Waals surface area contributed by atoms with Crippen molar-refractivity contribution in [2.45, 2.75) is 43.8 Å². The Morgan fingerprint density at radius 1 is 1.32 bits per heavy atom. The van der Waals surface area contributed by atoms with E-state index < -0.39 is 14.6 Å². The summed E-state index contributed by atoms with van der Waals surface area (Å²) in [4.78, 5) is 4.50. The molecule has 1 aliphatic rings. The topological polar surface area (TPSA) is 70.6 Å². The van der Waals surface area contributed by atoms with Gasteiger partial charge in [0.05, 0.1) is 11.3 Å². The second kappa shape index (κ2) is 7.66. The Morgan fingerprint density at radius 3 is 2.52 bits per heavy atom. The molecule has 2 rings (SSSR count). The molecule has 25 heavy (non-hydrogen) atoms. The number of hydrogen-bond donors (Lipinski definition) is 2. The van der Waals surface area contributed by atoms with Crippen molar-refractivity contribution in [3.8, 4) is 0 Å². The van der Waals surface area contributed by atoms with Gasteiger partial charge in [-0.25, -0.2) is 8.42 Å². The second-order valence-electron chi connectivity index (χ2n) is 7.37. The van der Waals surface area contributed by atoms with Gasteiger partial charge in [-0.1, -0.05) is 28.1 Å². The van der Waals surface area contributed by atoms with Crippen LogP contribution in [0.4, 0.5) is 0 Å². The first-order chi connectivity index (χ1) is 11.6. The fourth-order valence-corrected chi connectivity index (χ4v) is 3.22. The third kappa shape index (κ3) is 5.20. The number of nitrogens with one attached hydrogen (secondary N) is 2. The highest BCUT2D eigenvalue weighted by atomic mass is 79.9. The molecule has 140 valence electrons. The molecule has 1 fully saturated rings. The van der Waals surface area contributed by atoms with Crippen molar-refractivity contribution in [1.82, 2.24) is 10.6 Å². The van der Waals surface area contributed by atoms with Gasteiger partial charge < -0.3 is 10.6 Å². The highest BCUT2D eigenvalue weighted by molar-refractivity contribution is 9.10. The molecule has 0 saturated heterocycles. The van der Waals surface area contributed by atoms with Crippen LogP contribution in [-0.4, -0.2) is 45.0 Å². The summed E-state index contributed by atoms with van der Waals surface area (Å²) < 4.78 is 23.9. The first-order valence-electron chi connectivity index (χ1n) is 8.57. The minimum atomic E-state index is -3.16. The van der Waals surface area contributed by atoms with Crippen molar-refractivity contribution < 1.29 is 8.42 Å². The molecule has 0 radical (unpaired) electrons. The first-order valence-corrected chi connectivity index (χ1v) is 11.3. The van der Waals surface area contributed by atoms with Crippen LogP contribution in [0.5, 0.6) is 0 Å². The van der Waals surface area contributed by atoms with Crippen LogP contribution in [0.15, 0.2) is 33.7 Å². The fourth-order valence-electron chi connectivity index (χ4n) is 2.52. The van der Waals surface area contributed by atoms with E-state index in [0.717, 1.165) is 30.4 Å². The predicted octanol–water partition coefficient (Wildman–Crippen LogP) is 2.86. The first kappa shape index (κ1) is 20.2. The van der Waals surface area contributed by atoms with E-state index in [1.165, 1.54) is 11.8 Å². The molecule has 0 amide bonds. The van der Waals surface area contributed by atoms with E-state index in [9.17, 15) is 8.42 Å². The van der Waals surface area contributed by atoms with Crippen LogP contribution < -0.4 is 10.6 Å². The van der Waals surface area contributed by atoms with Gasteiger partial charge in [-0.2, -0.15) is 0 Å². The molecule has 5 nitrogen and oxygen atoms in total. The number of guanidine groups is 1. The Bertz CT molecular complexity index is 740. The van der Waals surface area contributed by atoms with Crippen molar-refractivity contribution in [3.05, 3.63) is 34.3 Å². The summed E-state index contributed by atoms with van der Waals surface area (Å²) in [6.07, 6.45) is 3.55. The molecule has 1 aromatic rings. The van der Waals surface area contributed by atoms with Gasteiger partial charge in [0, 0.05) is 29.2 Å². The standard InChI is InChI=1S/C18H28BrN3O2S/c1-5-20-16(21-12-17(2,3)25(4,23)24)22-13-18(9-10-18)14-7-6-8-15(19)11-14/h6-8,11H,5,9-10,12-13H2,1-4H3,(H2,20,21,22). The number of aliphatic imine (C=N–C) groups is 1. The zero-order valence-corrected chi connectivity index (χ0v) is 17.8. The number of rotatable bonds is 7. The van der Waals surface area contributed by atoms with Gasteiger partial charge in [-0.15, -0.1) is 0 Å². The molecule has 0 aromatic heterocycles. The second-order valence-corrected chi connectivity index (χ2v) is 10.9. The molecule has 0 bridgehead atoms. The van der Waals surface area contributed by atoms with Crippen LogP contribution in [0.1, 0.15) is 39.2 Å². The lowest BCUT2D eigenvalue weighted by Crippen LogP contribution is -2.43. The third-order valence-corrected chi connectivity index (χ3v) is 7.48. The highest BCUT2D eigenvalue weighted by Crippen LogP contribution is 2.48. The van der Waals surface area contributed by atoms with E-state index in [-0.39, 0.29) is 12.0 Å². The normalized spacial score (nSPS) is 17.2. The molecule has 7 heteroatoms. The minimum Gasteiger partial charge on any atom is -0.357 e. The van der Waals surface area contributed by atoms with Gasteiger partial charge in [-0.3, -0.25) is 4.99 Å². The van der Waals surface area contributed by atoms with E-state index in [0.29, 0.717) is 5.96 Å². The van der Waals surface area contributed by atoms with Crippen LogP contribution >= 0.6 is 15.9 Å². The molecular formula is C18H28BrN3O2S. The van der Waals surface area contributed by atoms with E-state index >= 15 is 0 Å². The maximum Gasteiger partial charge on any atom is 0.191 e. The molecule has 0 atom stereocenters. The lowest BCUT2D eigenvalue weighted by Gasteiger charge is -2.22. The highest BCUT2D eigenvalue weighted by Gasteiger charge is 2.44. The molecule has 1 aliphatic carbocycles. The van der Waals surface area contributed by atoms with Crippen molar-refractivity contribution in [2.24, 2.45) is 4.99 Å². The molecule has 1 aromatic carbocycles. The summed E-state index contributed by atoms with van der Waals surface area (Å²) in [7, 11) is -3.16. The van der Waals surface area contributed by atoms with Gasteiger partial charge in [0.2, 0.25) is 0 Å². The summed E-state index contributed by atoms with van der Waals surface area (Å²) >= 11 is 3.54. The zero-order valence-electron chi connectivity index (χ0n) is 15.4. The van der Waals surface area contributed by atoms with Crippen molar-refractivity contribution in [2.75, 3.05) is 25.9 Å². The van der Waals surface area contributed by atoms with Gasteiger partial charge in [0.15, 0.2) is 15.8 Å². The number of hydrogen-bond acceptors (Lipinski definition) is 3. The van der Waals surface area contributed by atoms with Crippen LogP contribution in [-0.2, 0) is 15.3 Å². The Morgan fingerprint density at radius 2 is 2.00 bits per heavy atom. The smallest absolute Gasteiger partial charge is 0.191 e. The largest absolute Gasteiger partial charge is 0.357 e. The van der Waals surface area contributed by atoms with Crippen LogP contribution in [0, 0.1) is 0 Å². The SMILES string of the molecule is CCNC(=NCC(C)(C)S(C)(=O)=O)NCC1(c2cccc(Br)c2)CC1. The Hall–Kier alpha value is -1.08. The third-order valence-electron chi connectivity index (χ3n) is 4.85. The van der Waals surface area contributed by atoms with Gasteiger partial charge in [0.1, 0.15) is 0 Å². The number of nitrogens with zero attached hydrogens (tertiary/aromatic N) is 1. The average molecular weight is 430 g/mol. The zero-order chi connectivity index (χ0) is 18.7. The molecule has 0 unspecified atom stereocenters. The molecular weight excluding hydrogens is 402 g/mol. The van der Waals surface area contributed by atoms with Crippen LogP contribution in [0.2, 0.25) is 0 Å². The van der Waals surface area contributed by atoms with E-state index in [1.54, 1.807) is 13.8 Å². The summed E-state index contributed by atoms with van der Waals surface area (Å²) in [5.74, 6) is 0.667. The summed E-state index contributed by atoms with van der Waals surface area (Å²) in [5.41, 5.74) is 1.47. The molecule has 0 heterocycles. The molecule has 0 spiro atoms. The quantitative estimate of drug-likeness (QED) is 0.516. The van der Waals surface area contributed by atoms with E-state index in [1.807, 2.05) is 13.0 Å². The van der Waals surface area contributed by atoms with Crippen LogP contribution in [0.25, 0.3) is 0 Å². The lowest BCUT2D eigenvalue weighted by atomic mass is 9.96. The molecule has 1 saturated carbocycles. The maximum atomic E-state index is 11.9. The Kier molecular flexibility index (Phi) is 6.20. The van der Waals surface area contributed by atoms with Gasteiger partial charge in [-0.05, 0) is 51.3 Å². The summed E-state index contributed by atoms with van der Waals surface area (Å²) in [6.45, 7) is 7.16.